The van der Waals surface area contributed by atoms with E-state index in [0.717, 1.165) is 0 Å². The first-order valence-electron chi connectivity index (χ1n) is 4.07. The highest BCUT2D eigenvalue weighted by Gasteiger charge is 1.99. The van der Waals surface area contributed by atoms with E-state index in [1.54, 1.807) is 6.92 Å². The van der Waals surface area contributed by atoms with Crippen LogP contribution in [0.1, 0.15) is 6.92 Å². The summed E-state index contributed by atoms with van der Waals surface area (Å²) in [5.74, 6) is 0. The summed E-state index contributed by atoms with van der Waals surface area (Å²) in [6, 6.07) is 0. The van der Waals surface area contributed by atoms with Gasteiger partial charge in [-0.3, -0.25) is 4.89 Å². The van der Waals surface area contributed by atoms with E-state index in [4.69, 9.17) is 9.84 Å². The van der Waals surface area contributed by atoms with Crippen LogP contribution in [0, 0.1) is 0 Å². The smallest absolute Gasteiger partial charge is 0.394 e. The lowest BCUT2D eigenvalue weighted by Crippen LogP contribution is -2.24. The van der Waals surface area contributed by atoms with Crippen LogP contribution in [0.25, 0.3) is 0 Å². The van der Waals surface area contributed by atoms with Gasteiger partial charge in [0.15, 0.2) is 0 Å². The van der Waals surface area contributed by atoms with E-state index in [9.17, 15) is 4.79 Å². The van der Waals surface area contributed by atoms with Gasteiger partial charge < -0.3 is 15.2 Å². The Labute approximate surface area is 76.7 Å². The van der Waals surface area contributed by atoms with Crippen molar-refractivity contribution in [2.24, 2.45) is 0 Å². The summed E-state index contributed by atoms with van der Waals surface area (Å²) < 4.78 is 4.84. The van der Waals surface area contributed by atoms with Crippen molar-refractivity contribution in [2.45, 2.75) is 6.92 Å². The molecule has 0 aromatic heterocycles. The third-order valence-corrected chi connectivity index (χ3v) is 1.00. The number of amides is 1. The minimum absolute atomic E-state index is 0.0306. The molecular weight excluding hydrogens is 178 g/mol. The zero-order valence-electron chi connectivity index (χ0n) is 7.62. The van der Waals surface area contributed by atoms with Crippen LogP contribution in [0.3, 0.4) is 0 Å². The van der Waals surface area contributed by atoms with Crippen molar-refractivity contribution >= 4 is 6.09 Å². The minimum Gasteiger partial charge on any atom is -0.394 e. The molecule has 0 heterocycles. The van der Waals surface area contributed by atoms with E-state index >= 15 is 0 Å². The molecule has 1 amide bonds. The maximum Gasteiger partial charge on any atom is 0.438 e. The Morgan fingerprint density at radius 1 is 1.38 bits per heavy atom. The lowest BCUT2D eigenvalue weighted by atomic mass is 10.7. The van der Waals surface area contributed by atoms with Crippen LogP contribution < -0.4 is 5.32 Å². The topological polar surface area (TPSA) is 77.0 Å². The van der Waals surface area contributed by atoms with Gasteiger partial charge in [0.05, 0.1) is 19.8 Å². The van der Waals surface area contributed by atoms with Crippen LogP contribution in [0.15, 0.2) is 0 Å². The van der Waals surface area contributed by atoms with E-state index in [0.29, 0.717) is 6.54 Å². The zero-order valence-corrected chi connectivity index (χ0v) is 7.62. The number of rotatable bonds is 7. The second kappa shape index (κ2) is 9.24. The molecule has 0 saturated heterocycles. The standard InChI is InChI=1S/C7H15NO5/c1-2-8-7(10)13-12-6-5-11-4-3-9/h9H,2-6H2,1H3,(H,8,10). The molecule has 0 spiro atoms. The van der Waals surface area contributed by atoms with Gasteiger partial charge >= 0.3 is 6.09 Å². The molecule has 0 aromatic carbocycles. The summed E-state index contributed by atoms with van der Waals surface area (Å²) in [7, 11) is 0. The maximum absolute atomic E-state index is 10.6. The predicted octanol–water partition coefficient (Wildman–Crippen LogP) is -0.327. The molecule has 78 valence electrons. The molecular formula is C7H15NO5. The van der Waals surface area contributed by atoms with Crippen LogP contribution in [0.2, 0.25) is 0 Å². The van der Waals surface area contributed by atoms with Crippen molar-refractivity contribution in [1.29, 1.82) is 0 Å². The van der Waals surface area contributed by atoms with Crippen molar-refractivity contribution in [1.82, 2.24) is 5.32 Å². The van der Waals surface area contributed by atoms with Crippen LogP contribution >= 0.6 is 0 Å². The van der Waals surface area contributed by atoms with Crippen LogP contribution in [0.4, 0.5) is 4.79 Å². The molecule has 0 radical (unpaired) electrons. The van der Waals surface area contributed by atoms with Crippen molar-refractivity contribution in [3.63, 3.8) is 0 Å². The van der Waals surface area contributed by atoms with Crippen LogP contribution in [0.5, 0.6) is 0 Å². The van der Waals surface area contributed by atoms with Crippen molar-refractivity contribution in [3.05, 3.63) is 0 Å². The van der Waals surface area contributed by atoms with Crippen LogP contribution in [-0.4, -0.2) is 44.2 Å². The molecule has 0 fully saturated rings. The summed E-state index contributed by atoms with van der Waals surface area (Å²) in [6.45, 7) is 2.91. The first kappa shape index (κ1) is 12.2. The van der Waals surface area contributed by atoms with Gasteiger partial charge in [-0.15, -0.1) is 0 Å². The monoisotopic (exact) mass is 193 g/mol. The van der Waals surface area contributed by atoms with Crippen molar-refractivity contribution in [2.75, 3.05) is 33.0 Å². The average molecular weight is 193 g/mol. The summed E-state index contributed by atoms with van der Waals surface area (Å²) >= 11 is 0. The second-order valence-electron chi connectivity index (χ2n) is 2.06. The molecule has 0 aliphatic rings. The van der Waals surface area contributed by atoms with E-state index in [1.165, 1.54) is 0 Å². The highest BCUT2D eigenvalue weighted by Crippen LogP contribution is 1.82. The Balaban J connectivity index is 3.02. The fraction of sp³-hybridized carbons (Fsp3) is 0.857. The number of hydrogen-bond donors (Lipinski definition) is 2. The third-order valence-electron chi connectivity index (χ3n) is 1.00. The van der Waals surface area contributed by atoms with Gasteiger partial charge in [0.2, 0.25) is 0 Å². The molecule has 0 aliphatic carbocycles. The molecule has 2 N–H and O–H groups in total. The van der Waals surface area contributed by atoms with Crippen LogP contribution in [-0.2, 0) is 14.5 Å². The molecule has 0 aliphatic heterocycles. The number of aliphatic hydroxyl groups is 1. The lowest BCUT2D eigenvalue weighted by Gasteiger charge is -2.03. The maximum atomic E-state index is 10.6. The molecule has 6 nitrogen and oxygen atoms in total. The molecule has 6 heteroatoms. The number of hydrogen-bond acceptors (Lipinski definition) is 5. The van der Waals surface area contributed by atoms with Gasteiger partial charge in [-0.25, -0.2) is 4.79 Å². The van der Waals surface area contributed by atoms with Gasteiger partial charge in [0.25, 0.3) is 0 Å². The Bertz CT molecular complexity index is 130. The fourth-order valence-corrected chi connectivity index (χ4v) is 0.529. The zero-order chi connectivity index (χ0) is 9.94. The number of ether oxygens (including phenoxy) is 1. The second-order valence-corrected chi connectivity index (χ2v) is 2.06. The Kier molecular flexibility index (Phi) is 8.64. The molecule has 0 bridgehead atoms. The third kappa shape index (κ3) is 9.06. The van der Waals surface area contributed by atoms with E-state index in [1.807, 2.05) is 0 Å². The average Bonchev–Trinajstić information content (AvgIpc) is 2.11. The Hall–Kier alpha value is -0.850. The molecule has 0 aromatic rings. The molecule has 0 unspecified atom stereocenters. The summed E-state index contributed by atoms with van der Waals surface area (Å²) in [5, 5.41) is 10.7. The Morgan fingerprint density at radius 2 is 2.15 bits per heavy atom. The fourth-order valence-electron chi connectivity index (χ4n) is 0.529. The largest absolute Gasteiger partial charge is 0.438 e. The van der Waals surface area contributed by atoms with E-state index in [-0.39, 0.29) is 26.4 Å². The van der Waals surface area contributed by atoms with Gasteiger partial charge in [-0.1, -0.05) is 0 Å². The quantitative estimate of drug-likeness (QED) is 0.329. The number of aliphatic hydroxyl groups excluding tert-OH is 1. The molecule has 0 rings (SSSR count). The molecule has 0 atom stereocenters. The van der Waals surface area contributed by atoms with Gasteiger partial charge in [0, 0.05) is 6.54 Å². The highest BCUT2D eigenvalue weighted by atomic mass is 17.2. The first-order chi connectivity index (χ1) is 6.31. The highest BCUT2D eigenvalue weighted by molar-refractivity contribution is 5.66. The lowest BCUT2D eigenvalue weighted by molar-refractivity contribution is -0.245. The van der Waals surface area contributed by atoms with Gasteiger partial charge in [0.1, 0.15) is 6.61 Å². The number of carbonyl (C=O) groups is 1. The molecule has 0 saturated carbocycles. The first-order valence-corrected chi connectivity index (χ1v) is 4.07. The number of nitrogens with one attached hydrogen (secondary N) is 1. The SMILES string of the molecule is CCNC(=O)OOCCOCCO. The Morgan fingerprint density at radius 3 is 2.77 bits per heavy atom. The van der Waals surface area contributed by atoms with Crippen molar-refractivity contribution < 1.29 is 24.4 Å². The van der Waals surface area contributed by atoms with Gasteiger partial charge in [-0.2, -0.15) is 4.89 Å². The number of carbonyl (C=O) groups excluding carboxylic acids is 1. The summed E-state index contributed by atoms with van der Waals surface area (Å²) in [4.78, 5) is 19.3. The minimum atomic E-state index is -0.621. The normalized spacial score (nSPS) is 9.69. The molecule has 13 heavy (non-hydrogen) atoms. The van der Waals surface area contributed by atoms with Gasteiger partial charge in [-0.05, 0) is 6.92 Å². The summed E-state index contributed by atoms with van der Waals surface area (Å²) in [6.07, 6.45) is -0.621. The summed E-state index contributed by atoms with van der Waals surface area (Å²) in [5.41, 5.74) is 0. The van der Waals surface area contributed by atoms with E-state index in [2.05, 4.69) is 15.1 Å². The predicted molar refractivity (Wildman–Crippen MR) is 44.0 cm³/mol. The van der Waals surface area contributed by atoms with Crippen molar-refractivity contribution in [3.8, 4) is 0 Å². The van der Waals surface area contributed by atoms with E-state index < -0.39 is 6.09 Å².